The SMILES string of the molecule is C[C@H](N)C(=O)N(c1nnn[nH]1)[C@@H](C)C(=O)O. The average Bonchev–Trinajstić information content (AvgIpc) is 2.70. The van der Waals surface area contributed by atoms with E-state index in [1.165, 1.54) is 13.8 Å². The van der Waals surface area contributed by atoms with E-state index in [2.05, 4.69) is 20.6 Å². The van der Waals surface area contributed by atoms with Crippen molar-refractivity contribution in [1.29, 1.82) is 0 Å². The summed E-state index contributed by atoms with van der Waals surface area (Å²) in [6.07, 6.45) is 0. The van der Waals surface area contributed by atoms with E-state index in [0.717, 1.165) is 4.90 Å². The van der Waals surface area contributed by atoms with Gasteiger partial charge in [-0.05, 0) is 24.3 Å². The van der Waals surface area contributed by atoms with Crippen molar-refractivity contribution in [2.24, 2.45) is 5.73 Å². The summed E-state index contributed by atoms with van der Waals surface area (Å²) in [7, 11) is 0. The maximum atomic E-state index is 11.7. The van der Waals surface area contributed by atoms with Gasteiger partial charge >= 0.3 is 5.97 Å². The minimum atomic E-state index is -1.18. The summed E-state index contributed by atoms with van der Waals surface area (Å²) >= 11 is 0. The van der Waals surface area contributed by atoms with Crippen molar-refractivity contribution in [3.05, 3.63) is 0 Å². The molecular formula is C7H12N6O3. The molecule has 88 valence electrons. The summed E-state index contributed by atoms with van der Waals surface area (Å²) in [4.78, 5) is 23.5. The highest BCUT2D eigenvalue weighted by Crippen LogP contribution is 2.10. The van der Waals surface area contributed by atoms with Gasteiger partial charge in [-0.2, -0.15) is 0 Å². The Balaban J connectivity index is 3.04. The van der Waals surface area contributed by atoms with Gasteiger partial charge in [0.1, 0.15) is 6.04 Å². The highest BCUT2D eigenvalue weighted by atomic mass is 16.4. The van der Waals surface area contributed by atoms with E-state index in [4.69, 9.17) is 10.8 Å². The van der Waals surface area contributed by atoms with Crippen LogP contribution in [0.25, 0.3) is 0 Å². The fourth-order valence-corrected chi connectivity index (χ4v) is 1.06. The Labute approximate surface area is 90.6 Å². The van der Waals surface area contributed by atoms with E-state index in [-0.39, 0.29) is 5.95 Å². The molecule has 0 fully saturated rings. The molecule has 0 radical (unpaired) electrons. The van der Waals surface area contributed by atoms with Crippen molar-refractivity contribution in [2.45, 2.75) is 25.9 Å². The number of carboxylic acid groups (broad SMARTS) is 1. The van der Waals surface area contributed by atoms with Gasteiger partial charge in [-0.3, -0.25) is 9.69 Å². The summed E-state index contributed by atoms with van der Waals surface area (Å²) in [5.41, 5.74) is 5.41. The first kappa shape index (κ1) is 12.0. The van der Waals surface area contributed by atoms with Crippen molar-refractivity contribution in [3.8, 4) is 0 Å². The lowest BCUT2D eigenvalue weighted by Gasteiger charge is -2.24. The number of rotatable bonds is 4. The highest BCUT2D eigenvalue weighted by molar-refractivity contribution is 6.00. The van der Waals surface area contributed by atoms with Crippen LogP contribution in [0.2, 0.25) is 0 Å². The molecule has 9 heteroatoms. The number of carbonyl (C=O) groups excluding carboxylic acids is 1. The number of nitrogens with zero attached hydrogens (tertiary/aromatic N) is 4. The molecule has 1 aromatic rings. The zero-order chi connectivity index (χ0) is 12.3. The number of hydrogen-bond donors (Lipinski definition) is 3. The van der Waals surface area contributed by atoms with Gasteiger partial charge in [0, 0.05) is 0 Å². The third-order valence-corrected chi connectivity index (χ3v) is 1.93. The lowest BCUT2D eigenvalue weighted by molar-refractivity contribution is -0.139. The van der Waals surface area contributed by atoms with Gasteiger partial charge < -0.3 is 10.8 Å². The van der Waals surface area contributed by atoms with Crippen molar-refractivity contribution < 1.29 is 14.7 Å². The van der Waals surface area contributed by atoms with Crippen LogP contribution in [0.5, 0.6) is 0 Å². The number of aliphatic carboxylic acids is 1. The predicted molar refractivity (Wildman–Crippen MR) is 52.4 cm³/mol. The second kappa shape index (κ2) is 4.66. The molecule has 1 aromatic heterocycles. The minimum absolute atomic E-state index is 0.0443. The number of hydrogen-bond acceptors (Lipinski definition) is 6. The van der Waals surface area contributed by atoms with Gasteiger partial charge in [-0.25, -0.2) is 9.89 Å². The molecule has 0 aliphatic carbocycles. The molecule has 9 nitrogen and oxygen atoms in total. The van der Waals surface area contributed by atoms with Gasteiger partial charge in [0.15, 0.2) is 0 Å². The van der Waals surface area contributed by atoms with Crippen molar-refractivity contribution in [2.75, 3.05) is 4.90 Å². The van der Waals surface area contributed by atoms with E-state index in [1.807, 2.05) is 0 Å². The number of aromatic amines is 1. The first-order valence-electron chi connectivity index (χ1n) is 4.50. The molecule has 1 heterocycles. The Hall–Kier alpha value is -2.03. The Kier molecular flexibility index (Phi) is 3.51. The van der Waals surface area contributed by atoms with Gasteiger partial charge in [-0.15, -0.1) is 0 Å². The smallest absolute Gasteiger partial charge is 0.326 e. The topological polar surface area (TPSA) is 138 Å². The number of aromatic nitrogens is 4. The first-order chi connectivity index (χ1) is 7.45. The van der Waals surface area contributed by atoms with Crippen LogP contribution in [0.15, 0.2) is 0 Å². The van der Waals surface area contributed by atoms with Crippen molar-refractivity contribution in [3.63, 3.8) is 0 Å². The summed E-state index contributed by atoms with van der Waals surface area (Å²) in [5, 5.41) is 21.2. The number of H-pyrrole nitrogens is 1. The van der Waals surface area contributed by atoms with Crippen LogP contribution in [0, 0.1) is 0 Å². The number of carboxylic acids is 1. The molecule has 4 N–H and O–H groups in total. The van der Waals surface area contributed by atoms with Gasteiger partial charge in [0.25, 0.3) is 0 Å². The molecule has 0 spiro atoms. The minimum Gasteiger partial charge on any atom is -0.480 e. The molecule has 0 aromatic carbocycles. The molecule has 0 bridgehead atoms. The van der Waals surface area contributed by atoms with Crippen molar-refractivity contribution in [1.82, 2.24) is 20.6 Å². The average molecular weight is 228 g/mol. The quantitative estimate of drug-likeness (QED) is 0.561. The van der Waals surface area contributed by atoms with Crippen LogP contribution < -0.4 is 10.6 Å². The van der Waals surface area contributed by atoms with E-state index in [0.29, 0.717) is 0 Å². The highest BCUT2D eigenvalue weighted by Gasteiger charge is 2.31. The predicted octanol–water partition coefficient (Wildman–Crippen LogP) is -1.65. The zero-order valence-electron chi connectivity index (χ0n) is 8.78. The second-order valence-corrected chi connectivity index (χ2v) is 3.24. The second-order valence-electron chi connectivity index (χ2n) is 3.24. The van der Waals surface area contributed by atoms with Crippen molar-refractivity contribution >= 4 is 17.8 Å². The van der Waals surface area contributed by atoms with Gasteiger partial charge in [-0.1, -0.05) is 5.10 Å². The van der Waals surface area contributed by atoms with Crippen LogP contribution in [0.1, 0.15) is 13.8 Å². The standard InChI is InChI=1S/C7H12N6O3/c1-3(8)5(14)13(4(2)6(15)16)7-9-11-12-10-7/h3-4H,8H2,1-2H3,(H,15,16)(H,9,10,11,12)/t3-,4-/m0/s1. The Morgan fingerprint density at radius 2 is 2.12 bits per heavy atom. The molecule has 1 rings (SSSR count). The van der Waals surface area contributed by atoms with Crippen LogP contribution in [-0.4, -0.2) is 49.7 Å². The Bertz CT molecular complexity index is 375. The van der Waals surface area contributed by atoms with E-state index in [1.54, 1.807) is 0 Å². The molecule has 0 aliphatic rings. The number of nitrogens with one attached hydrogen (secondary N) is 1. The molecule has 16 heavy (non-hydrogen) atoms. The summed E-state index contributed by atoms with van der Waals surface area (Å²) < 4.78 is 0. The Morgan fingerprint density at radius 3 is 2.50 bits per heavy atom. The molecule has 1 amide bonds. The number of amides is 1. The summed E-state index contributed by atoms with van der Waals surface area (Å²) in [6, 6.07) is -1.94. The molecule has 0 unspecified atom stereocenters. The lowest BCUT2D eigenvalue weighted by atomic mass is 10.2. The maximum Gasteiger partial charge on any atom is 0.326 e. The summed E-state index contributed by atoms with van der Waals surface area (Å²) in [6.45, 7) is 2.79. The number of nitrogens with two attached hydrogens (primary N) is 1. The van der Waals surface area contributed by atoms with E-state index >= 15 is 0 Å². The molecular weight excluding hydrogens is 216 g/mol. The third kappa shape index (κ3) is 2.31. The molecule has 0 aliphatic heterocycles. The Morgan fingerprint density at radius 1 is 1.50 bits per heavy atom. The molecule has 0 saturated carbocycles. The zero-order valence-corrected chi connectivity index (χ0v) is 8.78. The third-order valence-electron chi connectivity index (χ3n) is 1.93. The van der Waals surface area contributed by atoms with E-state index < -0.39 is 24.0 Å². The van der Waals surface area contributed by atoms with Gasteiger partial charge in [0.05, 0.1) is 6.04 Å². The fourth-order valence-electron chi connectivity index (χ4n) is 1.06. The van der Waals surface area contributed by atoms with Crippen LogP contribution in [0.4, 0.5) is 5.95 Å². The maximum absolute atomic E-state index is 11.7. The van der Waals surface area contributed by atoms with Gasteiger partial charge in [0.2, 0.25) is 11.9 Å². The normalized spacial score (nSPS) is 14.2. The number of tetrazole rings is 1. The lowest BCUT2D eigenvalue weighted by Crippen LogP contribution is -2.50. The van der Waals surface area contributed by atoms with Crippen LogP contribution >= 0.6 is 0 Å². The monoisotopic (exact) mass is 228 g/mol. The van der Waals surface area contributed by atoms with Crippen LogP contribution in [0.3, 0.4) is 0 Å². The number of anilines is 1. The first-order valence-corrected chi connectivity index (χ1v) is 4.50. The fraction of sp³-hybridized carbons (Fsp3) is 0.571. The molecule has 0 saturated heterocycles. The van der Waals surface area contributed by atoms with E-state index in [9.17, 15) is 9.59 Å². The number of carbonyl (C=O) groups is 2. The van der Waals surface area contributed by atoms with Crippen LogP contribution in [-0.2, 0) is 9.59 Å². The largest absolute Gasteiger partial charge is 0.480 e. The molecule has 2 atom stereocenters. The summed E-state index contributed by atoms with van der Waals surface area (Å²) in [5.74, 6) is -1.80.